The highest BCUT2D eigenvalue weighted by atomic mass is 35.5. The van der Waals surface area contributed by atoms with Crippen LogP contribution in [0.2, 0.25) is 0 Å². The van der Waals surface area contributed by atoms with Gasteiger partial charge >= 0.3 is 0 Å². The van der Waals surface area contributed by atoms with Crippen molar-refractivity contribution in [2.45, 2.75) is 13.5 Å². The third-order valence-electron chi connectivity index (χ3n) is 2.61. The van der Waals surface area contributed by atoms with Crippen molar-refractivity contribution < 1.29 is 4.79 Å². The van der Waals surface area contributed by atoms with Crippen LogP contribution in [0.3, 0.4) is 0 Å². The van der Waals surface area contributed by atoms with Gasteiger partial charge in [0.2, 0.25) is 5.91 Å². The van der Waals surface area contributed by atoms with Crippen LogP contribution in [-0.4, -0.2) is 16.8 Å². The summed E-state index contributed by atoms with van der Waals surface area (Å²) in [4.78, 5) is 14.4. The van der Waals surface area contributed by atoms with Crippen molar-refractivity contribution in [3.63, 3.8) is 0 Å². The Hall–Kier alpha value is -1.48. The fourth-order valence-corrected chi connectivity index (χ4v) is 1.89. The van der Waals surface area contributed by atoms with Gasteiger partial charge in [0, 0.05) is 23.1 Å². The second-order valence-corrected chi connectivity index (χ2v) is 3.95. The second-order valence-electron chi connectivity index (χ2n) is 3.68. The zero-order valence-electron chi connectivity index (χ0n) is 9.01. The fraction of sp³-hybridized carbons (Fsp3) is 0.250. The van der Waals surface area contributed by atoms with Gasteiger partial charge in [-0.25, -0.2) is 0 Å². The number of hydrogen-bond donors (Lipinski definition) is 2. The minimum Gasteiger partial charge on any atom is -0.358 e. The highest BCUT2D eigenvalue weighted by Gasteiger charge is 2.08. The molecule has 2 rings (SSSR count). The van der Waals surface area contributed by atoms with E-state index in [0.717, 1.165) is 22.2 Å². The van der Waals surface area contributed by atoms with Gasteiger partial charge in [0.05, 0.1) is 0 Å². The third-order valence-corrected chi connectivity index (χ3v) is 2.85. The Morgan fingerprint density at radius 2 is 2.19 bits per heavy atom. The summed E-state index contributed by atoms with van der Waals surface area (Å²) in [7, 11) is 0. The molecule has 0 spiro atoms. The lowest BCUT2D eigenvalue weighted by molar-refractivity contribution is -0.118. The van der Waals surface area contributed by atoms with E-state index in [2.05, 4.69) is 10.3 Å². The van der Waals surface area contributed by atoms with Crippen molar-refractivity contribution in [2.75, 3.05) is 5.88 Å². The molecule has 0 aliphatic carbocycles. The maximum Gasteiger partial charge on any atom is 0.235 e. The van der Waals surface area contributed by atoms with Gasteiger partial charge in [0.15, 0.2) is 0 Å². The number of para-hydroxylation sites is 1. The number of halogens is 1. The van der Waals surface area contributed by atoms with Gasteiger partial charge in [0.1, 0.15) is 5.88 Å². The van der Waals surface area contributed by atoms with Gasteiger partial charge in [-0.1, -0.05) is 18.2 Å². The number of H-pyrrole nitrogens is 1. The number of carbonyl (C=O) groups is 1. The molecule has 2 aromatic rings. The highest BCUT2D eigenvalue weighted by Crippen LogP contribution is 2.21. The van der Waals surface area contributed by atoms with Crippen LogP contribution in [0.15, 0.2) is 24.3 Å². The van der Waals surface area contributed by atoms with Crippen molar-refractivity contribution >= 4 is 28.4 Å². The molecule has 84 valence electrons. The Morgan fingerprint density at radius 3 is 2.94 bits per heavy atom. The molecule has 0 saturated heterocycles. The average Bonchev–Trinajstić information content (AvgIpc) is 2.62. The number of fused-ring (bicyclic) bond motifs is 1. The van der Waals surface area contributed by atoms with E-state index >= 15 is 0 Å². The first-order valence-electron chi connectivity index (χ1n) is 5.11. The molecule has 0 bridgehead atoms. The monoisotopic (exact) mass is 236 g/mol. The zero-order chi connectivity index (χ0) is 11.5. The van der Waals surface area contributed by atoms with E-state index in [1.165, 1.54) is 0 Å². The van der Waals surface area contributed by atoms with Crippen molar-refractivity contribution in [3.8, 4) is 0 Å². The molecule has 1 aromatic carbocycles. The summed E-state index contributed by atoms with van der Waals surface area (Å²) >= 11 is 5.43. The van der Waals surface area contributed by atoms with Crippen molar-refractivity contribution in [2.24, 2.45) is 0 Å². The summed E-state index contributed by atoms with van der Waals surface area (Å²) in [6, 6.07) is 8.04. The van der Waals surface area contributed by atoms with E-state index < -0.39 is 0 Å². The van der Waals surface area contributed by atoms with Crippen LogP contribution in [0.4, 0.5) is 0 Å². The third kappa shape index (κ3) is 2.04. The smallest absolute Gasteiger partial charge is 0.235 e. The number of amides is 1. The standard InChI is InChI=1S/C12H13ClN2O/c1-8-10(7-14-12(16)6-13)9-4-2-3-5-11(9)15-8/h2-5,15H,6-7H2,1H3,(H,14,16). The van der Waals surface area contributed by atoms with E-state index in [1.807, 2.05) is 31.2 Å². The van der Waals surface area contributed by atoms with Crippen LogP contribution in [-0.2, 0) is 11.3 Å². The summed E-state index contributed by atoms with van der Waals surface area (Å²) in [5.74, 6) is -0.146. The molecule has 16 heavy (non-hydrogen) atoms. The molecule has 1 amide bonds. The lowest BCUT2D eigenvalue weighted by atomic mass is 10.1. The quantitative estimate of drug-likeness (QED) is 0.790. The van der Waals surface area contributed by atoms with Crippen LogP contribution in [0.5, 0.6) is 0 Å². The predicted octanol–water partition coefficient (Wildman–Crippen LogP) is 2.33. The Balaban J connectivity index is 2.29. The zero-order valence-corrected chi connectivity index (χ0v) is 9.77. The van der Waals surface area contributed by atoms with Gasteiger partial charge in [-0.3, -0.25) is 4.79 Å². The lowest BCUT2D eigenvalue weighted by Gasteiger charge is -2.03. The molecule has 1 heterocycles. The van der Waals surface area contributed by atoms with Crippen LogP contribution in [0.25, 0.3) is 10.9 Å². The number of aromatic nitrogens is 1. The Morgan fingerprint density at radius 1 is 1.44 bits per heavy atom. The first-order chi connectivity index (χ1) is 7.72. The van der Waals surface area contributed by atoms with Crippen LogP contribution < -0.4 is 5.32 Å². The minimum absolute atomic E-state index is 0.00139. The van der Waals surface area contributed by atoms with Gasteiger partial charge < -0.3 is 10.3 Å². The number of hydrogen-bond acceptors (Lipinski definition) is 1. The van der Waals surface area contributed by atoms with Crippen LogP contribution in [0, 0.1) is 6.92 Å². The SMILES string of the molecule is Cc1[nH]c2ccccc2c1CNC(=O)CCl. The number of carbonyl (C=O) groups excluding carboxylic acids is 1. The van der Waals surface area contributed by atoms with Crippen LogP contribution >= 0.6 is 11.6 Å². The Kier molecular flexibility index (Phi) is 3.15. The van der Waals surface area contributed by atoms with Crippen LogP contribution in [0.1, 0.15) is 11.3 Å². The highest BCUT2D eigenvalue weighted by molar-refractivity contribution is 6.27. The normalized spacial score (nSPS) is 10.6. The van der Waals surface area contributed by atoms with Crippen molar-refractivity contribution in [1.29, 1.82) is 0 Å². The second kappa shape index (κ2) is 4.58. The molecule has 0 atom stereocenters. The Bertz CT molecular complexity index is 519. The van der Waals surface area contributed by atoms with E-state index in [4.69, 9.17) is 11.6 Å². The fourth-order valence-electron chi connectivity index (χ4n) is 1.80. The molecule has 4 heteroatoms. The van der Waals surface area contributed by atoms with E-state index in [9.17, 15) is 4.79 Å². The molecule has 2 N–H and O–H groups in total. The van der Waals surface area contributed by atoms with Gasteiger partial charge in [-0.05, 0) is 18.6 Å². The molecule has 3 nitrogen and oxygen atoms in total. The summed E-state index contributed by atoms with van der Waals surface area (Å²) < 4.78 is 0. The minimum atomic E-state index is -0.147. The first kappa shape index (κ1) is 11.0. The number of aryl methyl sites for hydroxylation is 1. The summed E-state index contributed by atoms with van der Waals surface area (Å²) in [6.45, 7) is 2.52. The van der Waals surface area contributed by atoms with Gasteiger partial charge in [-0.15, -0.1) is 11.6 Å². The molecular formula is C12H13ClN2O. The number of nitrogens with one attached hydrogen (secondary N) is 2. The van der Waals surface area contributed by atoms with Gasteiger partial charge in [0.25, 0.3) is 0 Å². The number of alkyl halides is 1. The molecule has 0 saturated carbocycles. The largest absolute Gasteiger partial charge is 0.358 e. The molecule has 0 aliphatic heterocycles. The first-order valence-corrected chi connectivity index (χ1v) is 5.64. The maximum atomic E-state index is 11.1. The summed E-state index contributed by atoms with van der Waals surface area (Å²) in [5, 5.41) is 3.92. The summed E-state index contributed by atoms with van der Waals surface area (Å²) in [6.07, 6.45) is 0. The molecule has 0 unspecified atom stereocenters. The molecule has 1 aromatic heterocycles. The van der Waals surface area contributed by atoms with E-state index in [-0.39, 0.29) is 11.8 Å². The van der Waals surface area contributed by atoms with E-state index in [0.29, 0.717) is 6.54 Å². The molecule has 0 fully saturated rings. The molecular weight excluding hydrogens is 224 g/mol. The predicted molar refractivity (Wildman–Crippen MR) is 65.6 cm³/mol. The van der Waals surface area contributed by atoms with E-state index in [1.54, 1.807) is 0 Å². The molecule has 0 aliphatic rings. The van der Waals surface area contributed by atoms with Crippen molar-refractivity contribution in [3.05, 3.63) is 35.5 Å². The number of rotatable bonds is 3. The number of aromatic amines is 1. The lowest BCUT2D eigenvalue weighted by Crippen LogP contribution is -2.23. The molecule has 0 radical (unpaired) electrons. The summed E-state index contributed by atoms with van der Waals surface area (Å²) in [5.41, 5.74) is 3.29. The number of benzene rings is 1. The average molecular weight is 237 g/mol. The topological polar surface area (TPSA) is 44.9 Å². The Labute approximate surface area is 98.8 Å². The maximum absolute atomic E-state index is 11.1. The van der Waals surface area contributed by atoms with Crippen molar-refractivity contribution in [1.82, 2.24) is 10.3 Å². The van der Waals surface area contributed by atoms with Gasteiger partial charge in [-0.2, -0.15) is 0 Å².